The Morgan fingerprint density at radius 1 is 1.26 bits per heavy atom. The first-order chi connectivity index (χ1) is 14.4. The third-order valence-corrected chi connectivity index (χ3v) is 5.46. The van der Waals surface area contributed by atoms with E-state index >= 15 is 0 Å². The van der Waals surface area contributed by atoms with Gasteiger partial charge in [0.2, 0.25) is 0 Å². The summed E-state index contributed by atoms with van der Waals surface area (Å²) in [5, 5.41) is 6.70. The Balaban J connectivity index is 0.00000341. The molecule has 2 unspecified atom stereocenters. The van der Waals surface area contributed by atoms with Crippen molar-refractivity contribution in [2.24, 2.45) is 4.99 Å². The lowest BCUT2D eigenvalue weighted by atomic mass is 10.1. The molecule has 1 saturated heterocycles. The molecule has 170 valence electrons. The molecule has 2 N–H and O–H groups in total. The van der Waals surface area contributed by atoms with Crippen molar-refractivity contribution in [1.82, 2.24) is 15.5 Å². The highest BCUT2D eigenvalue weighted by atomic mass is 127. The molecule has 0 radical (unpaired) electrons. The fourth-order valence-electron chi connectivity index (χ4n) is 3.68. The van der Waals surface area contributed by atoms with Crippen LogP contribution in [0.2, 0.25) is 0 Å². The molecule has 0 aromatic heterocycles. The summed E-state index contributed by atoms with van der Waals surface area (Å²) in [5.74, 6) is 0.506. The van der Waals surface area contributed by atoms with Gasteiger partial charge in [0.25, 0.3) is 0 Å². The molecule has 1 aliphatic heterocycles. The smallest absolute Gasteiger partial charge is 0.191 e. The molecule has 5 nitrogen and oxygen atoms in total. The maximum atomic E-state index is 13.9. The number of ether oxygens (including phenoxy) is 1. The summed E-state index contributed by atoms with van der Waals surface area (Å²) in [6.45, 7) is 10.2. The first-order valence-corrected chi connectivity index (χ1v) is 10.6. The Morgan fingerprint density at radius 2 is 2.03 bits per heavy atom. The van der Waals surface area contributed by atoms with Gasteiger partial charge in [-0.1, -0.05) is 36.4 Å². The number of hydrogen-bond acceptors (Lipinski definition) is 3. The number of guanidine groups is 1. The van der Waals surface area contributed by atoms with Crippen LogP contribution in [0.4, 0.5) is 4.39 Å². The molecule has 2 aromatic rings. The summed E-state index contributed by atoms with van der Waals surface area (Å²) in [5.41, 5.74) is 4.04. The summed E-state index contributed by atoms with van der Waals surface area (Å²) in [4.78, 5) is 6.75. The van der Waals surface area contributed by atoms with Gasteiger partial charge in [-0.05, 0) is 49.1 Å². The average molecular weight is 540 g/mol. The van der Waals surface area contributed by atoms with E-state index in [0.29, 0.717) is 24.2 Å². The second-order valence-electron chi connectivity index (χ2n) is 8.04. The highest BCUT2D eigenvalue weighted by molar-refractivity contribution is 14.0. The van der Waals surface area contributed by atoms with Crippen LogP contribution in [0.1, 0.15) is 42.1 Å². The predicted octanol–water partition coefficient (Wildman–Crippen LogP) is 4.40. The number of nitrogens with one attached hydrogen (secondary N) is 2. The van der Waals surface area contributed by atoms with Crippen LogP contribution in [0.3, 0.4) is 0 Å². The first-order valence-electron chi connectivity index (χ1n) is 10.6. The topological polar surface area (TPSA) is 48.9 Å². The van der Waals surface area contributed by atoms with Crippen molar-refractivity contribution in [3.8, 4) is 0 Å². The number of morpholine rings is 1. The Labute approximate surface area is 202 Å². The Bertz CT molecular complexity index is 876. The van der Waals surface area contributed by atoms with Gasteiger partial charge >= 0.3 is 0 Å². The molecule has 1 aliphatic rings. The lowest BCUT2D eigenvalue weighted by Gasteiger charge is -2.31. The van der Waals surface area contributed by atoms with Crippen LogP contribution in [0.15, 0.2) is 47.5 Å². The van der Waals surface area contributed by atoms with Gasteiger partial charge in [-0.3, -0.25) is 9.89 Å². The maximum absolute atomic E-state index is 13.9. The number of rotatable bonds is 6. The molecule has 1 fully saturated rings. The monoisotopic (exact) mass is 540 g/mol. The lowest BCUT2D eigenvalue weighted by molar-refractivity contribution is -0.0212. The van der Waals surface area contributed by atoms with Crippen LogP contribution in [-0.4, -0.2) is 43.7 Å². The van der Waals surface area contributed by atoms with Crippen molar-refractivity contribution in [2.75, 3.05) is 26.7 Å². The van der Waals surface area contributed by atoms with Crippen molar-refractivity contribution < 1.29 is 9.13 Å². The Kier molecular flexibility index (Phi) is 10.2. The van der Waals surface area contributed by atoms with E-state index in [1.807, 2.05) is 13.0 Å². The Morgan fingerprint density at radius 3 is 2.74 bits per heavy atom. The van der Waals surface area contributed by atoms with Gasteiger partial charge in [0.05, 0.1) is 18.8 Å². The number of aryl methyl sites for hydroxylation is 1. The largest absolute Gasteiger partial charge is 0.376 e. The van der Waals surface area contributed by atoms with Crippen molar-refractivity contribution in [3.63, 3.8) is 0 Å². The van der Waals surface area contributed by atoms with Gasteiger partial charge < -0.3 is 15.4 Å². The average Bonchev–Trinajstić information content (AvgIpc) is 2.73. The van der Waals surface area contributed by atoms with E-state index < -0.39 is 0 Å². The van der Waals surface area contributed by atoms with Crippen molar-refractivity contribution in [3.05, 3.63) is 70.5 Å². The van der Waals surface area contributed by atoms with Crippen LogP contribution in [0.5, 0.6) is 0 Å². The predicted molar refractivity (Wildman–Crippen MR) is 135 cm³/mol. The van der Waals surface area contributed by atoms with Crippen molar-refractivity contribution in [1.29, 1.82) is 0 Å². The van der Waals surface area contributed by atoms with Gasteiger partial charge in [0.15, 0.2) is 5.96 Å². The van der Waals surface area contributed by atoms with E-state index in [2.05, 4.69) is 51.7 Å². The molecule has 0 aliphatic carbocycles. The number of hydrogen-bond donors (Lipinski definition) is 2. The van der Waals surface area contributed by atoms with Crippen LogP contribution < -0.4 is 10.6 Å². The maximum Gasteiger partial charge on any atom is 0.191 e. The summed E-state index contributed by atoms with van der Waals surface area (Å²) in [6, 6.07) is 13.9. The van der Waals surface area contributed by atoms with E-state index in [1.165, 1.54) is 11.1 Å². The highest BCUT2D eigenvalue weighted by Gasteiger charge is 2.16. The van der Waals surface area contributed by atoms with E-state index in [-0.39, 0.29) is 35.8 Å². The summed E-state index contributed by atoms with van der Waals surface area (Å²) in [6.07, 6.45) is 0.294. The van der Waals surface area contributed by atoms with Crippen LogP contribution in [-0.2, 0) is 17.8 Å². The molecular formula is C24H34FIN4O. The molecule has 2 aromatic carbocycles. The molecule has 31 heavy (non-hydrogen) atoms. The highest BCUT2D eigenvalue weighted by Crippen LogP contribution is 2.16. The molecule has 0 saturated carbocycles. The minimum Gasteiger partial charge on any atom is -0.376 e. The number of halogens is 2. The zero-order valence-electron chi connectivity index (χ0n) is 18.8. The summed E-state index contributed by atoms with van der Waals surface area (Å²) < 4.78 is 19.5. The summed E-state index contributed by atoms with van der Waals surface area (Å²) >= 11 is 0. The molecule has 0 spiro atoms. The zero-order valence-corrected chi connectivity index (χ0v) is 21.2. The third kappa shape index (κ3) is 7.73. The minimum atomic E-state index is -0.185. The molecule has 0 bridgehead atoms. The number of nitrogens with zero attached hydrogens (tertiary/aromatic N) is 2. The first kappa shape index (κ1) is 25.5. The quantitative estimate of drug-likeness (QED) is 0.324. The third-order valence-electron chi connectivity index (χ3n) is 5.46. The second-order valence-corrected chi connectivity index (χ2v) is 8.04. The lowest BCUT2D eigenvalue weighted by Crippen LogP contribution is -2.40. The zero-order chi connectivity index (χ0) is 21.5. The fourth-order valence-corrected chi connectivity index (χ4v) is 3.68. The number of aliphatic imine (C=N–C) groups is 1. The van der Waals surface area contributed by atoms with Crippen molar-refractivity contribution in [2.45, 2.75) is 46.0 Å². The van der Waals surface area contributed by atoms with E-state index in [9.17, 15) is 4.39 Å². The summed E-state index contributed by atoms with van der Waals surface area (Å²) in [7, 11) is 1.74. The second kappa shape index (κ2) is 12.4. The molecule has 2 atom stereocenters. The molecule has 0 amide bonds. The molecular weight excluding hydrogens is 506 g/mol. The molecule has 3 rings (SSSR count). The van der Waals surface area contributed by atoms with Gasteiger partial charge in [0.1, 0.15) is 5.82 Å². The SMILES string of the molecule is CN=C(NCc1cccc(CN2CCOC(C)C2)c1)NC(C)c1ccc(C)c(F)c1.I. The van der Waals surface area contributed by atoms with E-state index in [0.717, 1.165) is 31.8 Å². The Hall–Kier alpha value is -1.71. The fraction of sp³-hybridized carbons (Fsp3) is 0.458. The van der Waals surface area contributed by atoms with Crippen molar-refractivity contribution >= 4 is 29.9 Å². The standard InChI is InChI=1S/C24H33FN4O.HI/c1-17-8-9-22(13-23(17)25)19(3)28-24(26-4)27-14-20-6-5-7-21(12-20)16-29-10-11-30-18(2)15-29;/h5-9,12-13,18-19H,10-11,14-16H2,1-4H3,(H2,26,27,28);1H. The van der Waals surface area contributed by atoms with Gasteiger partial charge in [-0.25, -0.2) is 4.39 Å². The molecule has 7 heteroatoms. The van der Waals surface area contributed by atoms with Gasteiger partial charge in [0, 0.05) is 33.2 Å². The normalized spacial score (nSPS) is 18.2. The van der Waals surface area contributed by atoms with E-state index in [4.69, 9.17) is 4.74 Å². The molecule has 1 heterocycles. The van der Waals surface area contributed by atoms with Crippen LogP contribution in [0, 0.1) is 12.7 Å². The van der Waals surface area contributed by atoms with E-state index in [1.54, 1.807) is 26.1 Å². The minimum absolute atomic E-state index is 0. The van der Waals surface area contributed by atoms with Crippen LogP contribution in [0.25, 0.3) is 0 Å². The van der Waals surface area contributed by atoms with Gasteiger partial charge in [-0.15, -0.1) is 24.0 Å². The number of benzene rings is 2. The van der Waals surface area contributed by atoms with Gasteiger partial charge in [-0.2, -0.15) is 0 Å². The van der Waals surface area contributed by atoms with Crippen LogP contribution >= 0.6 is 24.0 Å².